The second-order valence-corrected chi connectivity index (χ2v) is 6.03. The van der Waals surface area contributed by atoms with E-state index in [-0.39, 0.29) is 17.5 Å². The Morgan fingerprint density at radius 2 is 2.00 bits per heavy atom. The summed E-state index contributed by atoms with van der Waals surface area (Å²) in [7, 11) is 0. The van der Waals surface area contributed by atoms with Crippen LogP contribution in [0.25, 0.3) is 0 Å². The van der Waals surface area contributed by atoms with Gasteiger partial charge in [0.25, 0.3) is 5.69 Å². The summed E-state index contributed by atoms with van der Waals surface area (Å²) in [6.07, 6.45) is 2.07. The predicted molar refractivity (Wildman–Crippen MR) is 96.7 cm³/mol. The zero-order valence-electron chi connectivity index (χ0n) is 14.3. The van der Waals surface area contributed by atoms with Crippen LogP contribution in [0.2, 0.25) is 0 Å². The van der Waals surface area contributed by atoms with Crippen LogP contribution < -0.4 is 5.43 Å². The highest BCUT2D eigenvalue weighted by molar-refractivity contribution is 5.86. The van der Waals surface area contributed by atoms with Gasteiger partial charge in [0.1, 0.15) is 5.60 Å². The molecule has 1 aliphatic rings. The van der Waals surface area contributed by atoms with Gasteiger partial charge in [0.2, 0.25) is 5.91 Å². The van der Waals surface area contributed by atoms with E-state index >= 15 is 0 Å². The van der Waals surface area contributed by atoms with Crippen molar-refractivity contribution in [3.05, 3.63) is 75.8 Å². The van der Waals surface area contributed by atoms with Crippen LogP contribution in [0, 0.1) is 16.0 Å². The number of ether oxygens (including phenoxy) is 1. The topological polar surface area (TPSA) is 93.8 Å². The van der Waals surface area contributed by atoms with E-state index in [0.717, 1.165) is 5.56 Å². The number of rotatable bonds is 7. The number of hydrazone groups is 1. The molecule has 3 rings (SSSR count). The van der Waals surface area contributed by atoms with Gasteiger partial charge in [0, 0.05) is 18.7 Å². The molecular formula is C19H19N3O4. The molecule has 1 saturated carbocycles. The van der Waals surface area contributed by atoms with Gasteiger partial charge in [-0.15, -0.1) is 0 Å². The van der Waals surface area contributed by atoms with E-state index < -0.39 is 10.5 Å². The highest BCUT2D eigenvalue weighted by atomic mass is 16.6. The average Bonchev–Trinajstić information content (AvgIpc) is 3.39. The van der Waals surface area contributed by atoms with E-state index in [1.807, 2.05) is 37.3 Å². The average molecular weight is 353 g/mol. The molecule has 134 valence electrons. The number of non-ortho nitro benzene ring substituents is 1. The van der Waals surface area contributed by atoms with Crippen LogP contribution in [0.15, 0.2) is 59.7 Å². The van der Waals surface area contributed by atoms with Crippen molar-refractivity contribution in [3.8, 4) is 0 Å². The van der Waals surface area contributed by atoms with Crippen LogP contribution in [0.3, 0.4) is 0 Å². The summed E-state index contributed by atoms with van der Waals surface area (Å²) in [4.78, 5) is 22.6. The Labute approximate surface area is 150 Å². The number of hydrogen-bond acceptors (Lipinski definition) is 5. The third-order valence-corrected chi connectivity index (χ3v) is 4.38. The molecule has 1 fully saturated rings. The Morgan fingerprint density at radius 1 is 1.31 bits per heavy atom. The molecule has 7 heteroatoms. The lowest BCUT2D eigenvalue weighted by molar-refractivity contribution is -0.384. The van der Waals surface area contributed by atoms with Crippen molar-refractivity contribution >= 4 is 17.8 Å². The normalized spacial score (nSPS) is 21.5. The number of nitrogens with one attached hydrogen (secondary N) is 1. The lowest BCUT2D eigenvalue weighted by Gasteiger charge is -2.17. The maximum atomic E-state index is 12.4. The van der Waals surface area contributed by atoms with E-state index in [1.165, 1.54) is 18.3 Å². The summed E-state index contributed by atoms with van der Waals surface area (Å²) in [6, 6.07) is 15.6. The number of benzene rings is 2. The molecule has 1 aliphatic carbocycles. The maximum absolute atomic E-state index is 12.4. The molecule has 0 heterocycles. The Balaban J connectivity index is 1.62. The molecule has 0 unspecified atom stereocenters. The third kappa shape index (κ3) is 3.62. The van der Waals surface area contributed by atoms with Crippen LogP contribution in [0.4, 0.5) is 5.69 Å². The van der Waals surface area contributed by atoms with Crippen LogP contribution in [0.5, 0.6) is 0 Å². The zero-order chi connectivity index (χ0) is 18.6. The molecule has 2 aromatic rings. The van der Waals surface area contributed by atoms with Gasteiger partial charge in [-0.1, -0.05) is 30.3 Å². The summed E-state index contributed by atoms with van der Waals surface area (Å²) in [5.41, 5.74) is 3.60. The lowest BCUT2D eigenvalue weighted by atomic mass is 10.1. The molecule has 0 spiro atoms. The van der Waals surface area contributed by atoms with Gasteiger partial charge in [-0.2, -0.15) is 5.10 Å². The van der Waals surface area contributed by atoms with E-state index in [4.69, 9.17) is 4.74 Å². The zero-order valence-corrected chi connectivity index (χ0v) is 14.3. The van der Waals surface area contributed by atoms with Crippen molar-refractivity contribution in [3.63, 3.8) is 0 Å². The first kappa shape index (κ1) is 17.8. The first-order valence-corrected chi connectivity index (χ1v) is 8.33. The van der Waals surface area contributed by atoms with E-state index in [9.17, 15) is 14.9 Å². The number of nitro benzene ring substituents is 1. The van der Waals surface area contributed by atoms with Crippen molar-refractivity contribution in [1.29, 1.82) is 0 Å². The fourth-order valence-corrected chi connectivity index (χ4v) is 3.02. The number of nitrogens with zero attached hydrogens (tertiary/aromatic N) is 2. The summed E-state index contributed by atoms with van der Waals surface area (Å²) in [6.45, 7) is 2.43. The smallest absolute Gasteiger partial charge is 0.269 e. The molecule has 26 heavy (non-hydrogen) atoms. The minimum Gasteiger partial charge on any atom is -0.370 e. The third-order valence-electron chi connectivity index (χ3n) is 4.38. The minimum atomic E-state index is -0.580. The Kier molecular flexibility index (Phi) is 5.09. The van der Waals surface area contributed by atoms with Crippen molar-refractivity contribution in [2.75, 3.05) is 6.61 Å². The number of carbonyl (C=O) groups excluding carboxylic acids is 1. The molecule has 1 amide bonds. The Bertz CT molecular complexity index is 820. The molecule has 7 nitrogen and oxygen atoms in total. The van der Waals surface area contributed by atoms with Crippen molar-refractivity contribution in [2.24, 2.45) is 11.0 Å². The maximum Gasteiger partial charge on any atom is 0.269 e. The van der Waals surface area contributed by atoms with Crippen LogP contribution in [0.1, 0.15) is 24.5 Å². The van der Waals surface area contributed by atoms with E-state index in [0.29, 0.717) is 18.6 Å². The van der Waals surface area contributed by atoms with Gasteiger partial charge in [-0.05, 0) is 36.6 Å². The molecule has 0 saturated heterocycles. The minimum absolute atomic E-state index is 0.00789. The number of carbonyl (C=O) groups is 1. The molecule has 0 radical (unpaired) electrons. The first-order chi connectivity index (χ1) is 12.6. The van der Waals surface area contributed by atoms with Crippen molar-refractivity contribution < 1.29 is 14.5 Å². The molecule has 0 aliphatic heterocycles. The van der Waals surface area contributed by atoms with Gasteiger partial charge in [0.15, 0.2) is 0 Å². The SMILES string of the molecule is CCO[C@]1(c2ccccc2)C[C@H]1C(=O)N/N=C\c1ccc([N+](=O)[O-])cc1. The van der Waals surface area contributed by atoms with Crippen LogP contribution in [-0.4, -0.2) is 23.7 Å². The quantitative estimate of drug-likeness (QED) is 0.470. The van der Waals surface area contributed by atoms with Gasteiger partial charge < -0.3 is 4.74 Å². The standard InChI is InChI=1S/C19H19N3O4/c1-2-26-19(15-6-4-3-5-7-15)12-17(19)18(23)21-20-13-14-8-10-16(11-9-14)22(24)25/h3-11,13,17H,2,12H2,1H3,(H,21,23)/b20-13-/t17-,19-/m0/s1. The van der Waals surface area contributed by atoms with Gasteiger partial charge >= 0.3 is 0 Å². The second kappa shape index (κ2) is 7.45. The molecule has 1 N–H and O–H groups in total. The fraction of sp³-hybridized carbons (Fsp3) is 0.263. The summed E-state index contributed by atoms with van der Waals surface area (Å²) in [5.74, 6) is -0.501. The highest BCUT2D eigenvalue weighted by Crippen LogP contribution is 2.55. The van der Waals surface area contributed by atoms with E-state index in [1.54, 1.807) is 12.1 Å². The summed E-state index contributed by atoms with van der Waals surface area (Å²) < 4.78 is 5.88. The largest absolute Gasteiger partial charge is 0.370 e. The number of nitro groups is 1. The molecular weight excluding hydrogens is 334 g/mol. The van der Waals surface area contributed by atoms with Gasteiger partial charge in [-0.3, -0.25) is 14.9 Å². The monoisotopic (exact) mass is 353 g/mol. The Morgan fingerprint density at radius 3 is 2.62 bits per heavy atom. The van der Waals surface area contributed by atoms with Crippen LogP contribution >= 0.6 is 0 Å². The lowest BCUT2D eigenvalue weighted by Crippen LogP contribution is -2.26. The van der Waals surface area contributed by atoms with Gasteiger partial charge in [-0.25, -0.2) is 5.43 Å². The van der Waals surface area contributed by atoms with E-state index in [2.05, 4.69) is 10.5 Å². The number of amides is 1. The summed E-state index contributed by atoms with van der Waals surface area (Å²) >= 11 is 0. The van der Waals surface area contributed by atoms with Crippen molar-refractivity contribution in [2.45, 2.75) is 18.9 Å². The van der Waals surface area contributed by atoms with Gasteiger partial charge in [0.05, 0.1) is 17.1 Å². The first-order valence-electron chi connectivity index (χ1n) is 8.33. The molecule has 0 bridgehead atoms. The number of hydrogen-bond donors (Lipinski definition) is 1. The molecule has 2 atom stereocenters. The second-order valence-electron chi connectivity index (χ2n) is 6.03. The summed E-state index contributed by atoms with van der Waals surface area (Å²) in [5, 5.41) is 14.6. The Hall–Kier alpha value is -3.06. The highest BCUT2D eigenvalue weighted by Gasteiger charge is 2.60. The molecule has 2 aromatic carbocycles. The van der Waals surface area contributed by atoms with Crippen molar-refractivity contribution in [1.82, 2.24) is 5.43 Å². The van der Waals surface area contributed by atoms with Crippen LogP contribution in [-0.2, 0) is 15.1 Å². The molecule has 0 aromatic heterocycles. The fourth-order valence-electron chi connectivity index (χ4n) is 3.02. The predicted octanol–water partition coefficient (Wildman–Crippen LogP) is 3.00.